The average molecular weight is 476 g/mol. The van der Waals surface area contributed by atoms with E-state index in [0.29, 0.717) is 28.3 Å². The van der Waals surface area contributed by atoms with Crippen molar-refractivity contribution >= 4 is 40.0 Å². The Balaban J connectivity index is 1.72. The number of carbonyl (C=O) groups is 1. The van der Waals surface area contributed by atoms with Gasteiger partial charge in [0.1, 0.15) is 29.6 Å². The van der Waals surface area contributed by atoms with Gasteiger partial charge in [-0.25, -0.2) is 15.0 Å². The standard InChI is InChI=1S/C23H22ClN9O/c1-12-15(10-33(3)32-12)9-27-23(34)16-7-14-5-4-6-18(24)20(14)31-19(16)13(2)30-22-17(8-25)21(26)28-11-29-22/h4-7,10-11,13H,9H2,1-3H3,(H,27,34)(H3,26,28,29,30)/t13-/m0/s1. The first kappa shape index (κ1) is 22.9. The summed E-state index contributed by atoms with van der Waals surface area (Å²) in [5.74, 6) is 0.0106. The zero-order chi connectivity index (χ0) is 24.4. The van der Waals surface area contributed by atoms with Crippen LogP contribution in [0.5, 0.6) is 0 Å². The summed E-state index contributed by atoms with van der Waals surface area (Å²) in [6.45, 7) is 4.01. The molecule has 11 heteroatoms. The number of nitrogens with one attached hydrogen (secondary N) is 2. The number of anilines is 2. The number of nitrogens with zero attached hydrogens (tertiary/aromatic N) is 6. The van der Waals surface area contributed by atoms with Gasteiger partial charge in [0.25, 0.3) is 5.91 Å². The highest BCUT2D eigenvalue weighted by molar-refractivity contribution is 6.35. The Kier molecular flexibility index (Phi) is 6.30. The fourth-order valence-electron chi connectivity index (χ4n) is 3.67. The van der Waals surface area contributed by atoms with Crippen LogP contribution in [-0.4, -0.2) is 30.6 Å². The Labute approximate surface area is 200 Å². The minimum atomic E-state index is -0.511. The summed E-state index contributed by atoms with van der Waals surface area (Å²) < 4.78 is 1.70. The van der Waals surface area contributed by atoms with Crippen molar-refractivity contribution in [2.75, 3.05) is 11.1 Å². The molecule has 0 aliphatic heterocycles. The Bertz CT molecular complexity index is 1440. The predicted molar refractivity (Wildman–Crippen MR) is 129 cm³/mol. The van der Waals surface area contributed by atoms with E-state index < -0.39 is 6.04 Å². The molecule has 0 saturated heterocycles. The summed E-state index contributed by atoms with van der Waals surface area (Å²) in [7, 11) is 1.83. The SMILES string of the molecule is Cc1nn(C)cc1CNC(=O)c1cc2cccc(Cl)c2nc1[C@H](C)Nc1ncnc(N)c1C#N. The number of hydrogen-bond acceptors (Lipinski definition) is 8. The summed E-state index contributed by atoms with van der Waals surface area (Å²) in [6.07, 6.45) is 3.13. The second kappa shape index (κ2) is 9.33. The molecule has 4 aromatic rings. The Morgan fingerprint density at radius 3 is 2.85 bits per heavy atom. The number of benzene rings is 1. The molecule has 1 atom stereocenters. The third kappa shape index (κ3) is 4.46. The van der Waals surface area contributed by atoms with Crippen molar-refractivity contribution in [2.24, 2.45) is 7.05 Å². The van der Waals surface area contributed by atoms with Crippen molar-refractivity contribution in [3.63, 3.8) is 0 Å². The second-order valence-corrected chi connectivity index (χ2v) is 8.20. The van der Waals surface area contributed by atoms with Crippen molar-refractivity contribution in [2.45, 2.75) is 26.4 Å². The smallest absolute Gasteiger partial charge is 0.253 e. The fourth-order valence-corrected chi connectivity index (χ4v) is 3.90. The number of nitrogens with two attached hydrogens (primary N) is 1. The molecular formula is C23H22ClN9O. The molecule has 0 spiro atoms. The molecule has 4 N–H and O–H groups in total. The van der Waals surface area contributed by atoms with Crippen LogP contribution in [0.1, 0.15) is 45.8 Å². The summed E-state index contributed by atoms with van der Waals surface area (Å²) in [6, 6.07) is 8.63. The number of rotatable bonds is 6. The maximum Gasteiger partial charge on any atom is 0.253 e. The Hall–Kier alpha value is -4.23. The Morgan fingerprint density at radius 1 is 1.35 bits per heavy atom. The van der Waals surface area contributed by atoms with Gasteiger partial charge in [-0.15, -0.1) is 0 Å². The molecule has 0 unspecified atom stereocenters. The van der Waals surface area contributed by atoms with Crippen molar-refractivity contribution in [1.29, 1.82) is 5.26 Å². The number of fused-ring (bicyclic) bond motifs is 1. The lowest BCUT2D eigenvalue weighted by atomic mass is 10.0. The van der Waals surface area contributed by atoms with E-state index in [9.17, 15) is 10.1 Å². The third-order valence-corrected chi connectivity index (χ3v) is 5.68. The lowest BCUT2D eigenvalue weighted by Gasteiger charge is -2.19. The van der Waals surface area contributed by atoms with Gasteiger partial charge in [0.05, 0.1) is 33.5 Å². The number of aromatic nitrogens is 5. The zero-order valence-corrected chi connectivity index (χ0v) is 19.6. The number of carbonyl (C=O) groups excluding carboxylic acids is 1. The van der Waals surface area contributed by atoms with Crippen LogP contribution >= 0.6 is 11.6 Å². The van der Waals surface area contributed by atoms with Crippen molar-refractivity contribution in [3.05, 3.63) is 69.9 Å². The minimum absolute atomic E-state index is 0.0616. The lowest BCUT2D eigenvalue weighted by molar-refractivity contribution is 0.0949. The van der Waals surface area contributed by atoms with E-state index in [2.05, 4.69) is 25.7 Å². The number of pyridine rings is 1. The highest BCUT2D eigenvalue weighted by Gasteiger charge is 2.22. The van der Waals surface area contributed by atoms with Gasteiger partial charge in [0.2, 0.25) is 0 Å². The van der Waals surface area contributed by atoms with Gasteiger partial charge in [0, 0.05) is 30.7 Å². The molecule has 34 heavy (non-hydrogen) atoms. The van der Waals surface area contributed by atoms with Gasteiger partial charge in [-0.05, 0) is 26.0 Å². The lowest BCUT2D eigenvalue weighted by Crippen LogP contribution is -2.26. The maximum atomic E-state index is 13.3. The third-order valence-electron chi connectivity index (χ3n) is 5.38. The zero-order valence-electron chi connectivity index (χ0n) is 18.8. The molecular weight excluding hydrogens is 454 g/mol. The Morgan fingerprint density at radius 2 is 2.15 bits per heavy atom. The first-order chi connectivity index (χ1) is 16.3. The molecule has 172 valence electrons. The van der Waals surface area contributed by atoms with Crippen LogP contribution < -0.4 is 16.4 Å². The summed E-state index contributed by atoms with van der Waals surface area (Å²) >= 11 is 6.38. The van der Waals surface area contributed by atoms with E-state index in [1.165, 1.54) is 6.33 Å². The molecule has 4 rings (SSSR count). The molecule has 1 amide bonds. The van der Waals surface area contributed by atoms with Gasteiger partial charge < -0.3 is 16.4 Å². The quantitative estimate of drug-likeness (QED) is 0.384. The number of nitriles is 1. The highest BCUT2D eigenvalue weighted by atomic mass is 35.5. The van der Waals surface area contributed by atoms with Crippen LogP contribution in [0, 0.1) is 18.3 Å². The molecule has 0 radical (unpaired) electrons. The number of hydrogen-bond donors (Lipinski definition) is 3. The van der Waals surface area contributed by atoms with E-state index >= 15 is 0 Å². The molecule has 1 aromatic carbocycles. The van der Waals surface area contributed by atoms with Gasteiger partial charge >= 0.3 is 0 Å². The van der Waals surface area contributed by atoms with Gasteiger partial charge in [-0.1, -0.05) is 23.7 Å². The molecule has 0 aliphatic rings. The summed E-state index contributed by atoms with van der Waals surface area (Å²) in [5, 5.41) is 21.0. The van der Waals surface area contributed by atoms with Crippen LogP contribution in [0.4, 0.5) is 11.6 Å². The van der Waals surface area contributed by atoms with Crippen LogP contribution in [0.25, 0.3) is 10.9 Å². The summed E-state index contributed by atoms with van der Waals surface area (Å²) in [4.78, 5) is 26.0. The second-order valence-electron chi connectivity index (χ2n) is 7.79. The van der Waals surface area contributed by atoms with Gasteiger partial charge in [0.15, 0.2) is 0 Å². The molecule has 0 saturated carbocycles. The van der Waals surface area contributed by atoms with Crippen LogP contribution in [0.3, 0.4) is 0 Å². The van der Waals surface area contributed by atoms with E-state index in [1.54, 1.807) is 22.9 Å². The van der Waals surface area contributed by atoms with Crippen LogP contribution in [-0.2, 0) is 13.6 Å². The van der Waals surface area contributed by atoms with Gasteiger partial charge in [-0.2, -0.15) is 10.4 Å². The monoisotopic (exact) mass is 475 g/mol. The van der Waals surface area contributed by atoms with Crippen molar-refractivity contribution in [3.8, 4) is 6.07 Å². The molecule has 10 nitrogen and oxygen atoms in total. The average Bonchev–Trinajstić information content (AvgIpc) is 3.13. The van der Waals surface area contributed by atoms with E-state index in [0.717, 1.165) is 16.6 Å². The molecule has 3 heterocycles. The maximum absolute atomic E-state index is 13.3. The highest BCUT2D eigenvalue weighted by Crippen LogP contribution is 2.29. The van der Waals surface area contributed by atoms with Gasteiger partial charge in [-0.3, -0.25) is 9.48 Å². The number of aryl methyl sites for hydroxylation is 2. The minimum Gasteiger partial charge on any atom is -0.382 e. The van der Waals surface area contributed by atoms with Crippen LogP contribution in [0.15, 0.2) is 36.8 Å². The predicted octanol–water partition coefficient (Wildman–Crippen LogP) is 3.28. The molecule has 0 fully saturated rings. The molecule has 3 aromatic heterocycles. The first-order valence-corrected chi connectivity index (χ1v) is 10.8. The molecule has 0 aliphatic carbocycles. The molecule has 0 bridgehead atoms. The number of nitrogen functional groups attached to an aromatic ring is 1. The fraction of sp³-hybridized carbons (Fsp3) is 0.217. The largest absolute Gasteiger partial charge is 0.382 e. The number of para-hydroxylation sites is 1. The number of amides is 1. The van der Waals surface area contributed by atoms with E-state index in [-0.39, 0.29) is 23.1 Å². The first-order valence-electron chi connectivity index (χ1n) is 10.4. The normalized spacial score (nSPS) is 11.7. The van der Waals surface area contributed by atoms with Crippen molar-refractivity contribution < 1.29 is 4.79 Å². The van der Waals surface area contributed by atoms with E-state index in [1.807, 2.05) is 39.2 Å². The van der Waals surface area contributed by atoms with Crippen LogP contribution in [0.2, 0.25) is 5.02 Å². The topological polar surface area (TPSA) is 147 Å². The van der Waals surface area contributed by atoms with E-state index in [4.69, 9.17) is 22.3 Å². The summed E-state index contributed by atoms with van der Waals surface area (Å²) in [5.41, 5.74) is 9.06. The van der Waals surface area contributed by atoms with Crippen molar-refractivity contribution in [1.82, 2.24) is 30.0 Å². The number of halogens is 1.